The summed E-state index contributed by atoms with van der Waals surface area (Å²) in [5, 5.41) is 2.98. The largest absolute Gasteiger partial charge is 0.396 e. The van der Waals surface area contributed by atoms with Crippen LogP contribution < -0.4 is 16.8 Å². The molecular formula is C13H11ClFN3O. The van der Waals surface area contributed by atoms with Crippen molar-refractivity contribution in [2.75, 3.05) is 11.1 Å². The van der Waals surface area contributed by atoms with Gasteiger partial charge in [0.15, 0.2) is 0 Å². The van der Waals surface area contributed by atoms with Gasteiger partial charge in [-0.05, 0) is 24.3 Å². The van der Waals surface area contributed by atoms with Gasteiger partial charge in [-0.15, -0.1) is 0 Å². The standard InChI is InChI=1S/C13H11ClFN3O/c14-8-4-2-5-9(15)12(8)18-10-6-1-3-7(11(10)16)13(17)19/h1-6,18H,16H2,(H2,17,19). The van der Waals surface area contributed by atoms with Gasteiger partial charge in [0, 0.05) is 0 Å². The Labute approximate surface area is 114 Å². The number of para-hydroxylation sites is 2. The van der Waals surface area contributed by atoms with Crippen LogP contribution in [-0.4, -0.2) is 5.91 Å². The topological polar surface area (TPSA) is 81.1 Å². The van der Waals surface area contributed by atoms with Gasteiger partial charge < -0.3 is 16.8 Å². The van der Waals surface area contributed by atoms with Crippen molar-refractivity contribution in [1.29, 1.82) is 0 Å². The molecule has 0 spiro atoms. The number of rotatable bonds is 3. The van der Waals surface area contributed by atoms with E-state index in [2.05, 4.69) is 5.32 Å². The number of anilines is 3. The van der Waals surface area contributed by atoms with Gasteiger partial charge in [-0.1, -0.05) is 23.7 Å². The number of amides is 1. The highest BCUT2D eigenvalue weighted by Crippen LogP contribution is 2.31. The molecule has 0 saturated heterocycles. The molecule has 0 aromatic heterocycles. The Balaban J connectivity index is 2.45. The van der Waals surface area contributed by atoms with E-state index in [4.69, 9.17) is 23.1 Å². The van der Waals surface area contributed by atoms with Gasteiger partial charge in [0.2, 0.25) is 0 Å². The summed E-state index contributed by atoms with van der Waals surface area (Å²) in [5.74, 6) is -1.17. The van der Waals surface area contributed by atoms with Crippen LogP contribution in [0, 0.1) is 5.82 Å². The first-order chi connectivity index (χ1) is 9.00. The van der Waals surface area contributed by atoms with Gasteiger partial charge in [-0.25, -0.2) is 4.39 Å². The first-order valence-corrected chi connectivity index (χ1v) is 5.78. The molecule has 2 aromatic carbocycles. The molecule has 19 heavy (non-hydrogen) atoms. The molecule has 0 aliphatic carbocycles. The van der Waals surface area contributed by atoms with E-state index < -0.39 is 11.7 Å². The van der Waals surface area contributed by atoms with Gasteiger partial charge in [0.05, 0.1) is 27.6 Å². The molecule has 4 nitrogen and oxygen atoms in total. The molecule has 0 radical (unpaired) electrons. The predicted molar refractivity (Wildman–Crippen MR) is 74.1 cm³/mol. The fraction of sp³-hybridized carbons (Fsp3) is 0. The number of nitrogen functional groups attached to an aromatic ring is 1. The molecule has 2 aromatic rings. The van der Waals surface area contributed by atoms with E-state index in [1.807, 2.05) is 0 Å². The number of halogens is 2. The van der Waals surface area contributed by atoms with Crippen LogP contribution in [0.4, 0.5) is 21.5 Å². The minimum atomic E-state index is -0.652. The molecule has 0 aliphatic heterocycles. The van der Waals surface area contributed by atoms with Crippen LogP contribution in [0.2, 0.25) is 5.02 Å². The van der Waals surface area contributed by atoms with E-state index in [1.165, 1.54) is 18.2 Å². The Morgan fingerprint density at radius 2 is 1.89 bits per heavy atom. The number of nitrogens with one attached hydrogen (secondary N) is 1. The average molecular weight is 280 g/mol. The summed E-state index contributed by atoms with van der Waals surface area (Å²) in [6, 6.07) is 8.99. The number of primary amides is 1. The van der Waals surface area contributed by atoms with Crippen LogP contribution in [-0.2, 0) is 0 Å². The average Bonchev–Trinajstić information content (AvgIpc) is 2.35. The first-order valence-electron chi connectivity index (χ1n) is 5.40. The molecule has 98 valence electrons. The summed E-state index contributed by atoms with van der Waals surface area (Å²) in [6.07, 6.45) is 0. The lowest BCUT2D eigenvalue weighted by molar-refractivity contribution is 0.100. The van der Waals surface area contributed by atoms with Crippen LogP contribution in [0.25, 0.3) is 0 Å². The van der Waals surface area contributed by atoms with Crippen molar-refractivity contribution in [3.05, 3.63) is 52.8 Å². The molecule has 5 N–H and O–H groups in total. The summed E-state index contributed by atoms with van der Waals surface area (Å²) >= 11 is 5.90. The van der Waals surface area contributed by atoms with Gasteiger partial charge >= 0.3 is 0 Å². The second-order valence-corrected chi connectivity index (χ2v) is 4.26. The minimum absolute atomic E-state index is 0.0949. The van der Waals surface area contributed by atoms with Crippen molar-refractivity contribution in [2.24, 2.45) is 5.73 Å². The monoisotopic (exact) mass is 279 g/mol. The maximum absolute atomic E-state index is 13.6. The molecule has 0 unspecified atom stereocenters. The summed E-state index contributed by atoms with van der Waals surface area (Å²) in [6.45, 7) is 0. The van der Waals surface area contributed by atoms with Crippen LogP contribution in [0.1, 0.15) is 10.4 Å². The van der Waals surface area contributed by atoms with Gasteiger partial charge in [0.25, 0.3) is 5.91 Å². The molecule has 0 saturated carbocycles. The third-order valence-corrected chi connectivity index (χ3v) is 2.91. The highest BCUT2D eigenvalue weighted by Gasteiger charge is 2.12. The zero-order valence-electron chi connectivity index (χ0n) is 9.78. The molecule has 0 fully saturated rings. The second-order valence-electron chi connectivity index (χ2n) is 3.85. The lowest BCUT2D eigenvalue weighted by Crippen LogP contribution is -2.14. The van der Waals surface area contributed by atoms with Crippen molar-refractivity contribution in [1.82, 2.24) is 0 Å². The zero-order valence-corrected chi connectivity index (χ0v) is 10.5. The van der Waals surface area contributed by atoms with Crippen molar-refractivity contribution in [3.63, 3.8) is 0 Å². The lowest BCUT2D eigenvalue weighted by Gasteiger charge is -2.13. The maximum atomic E-state index is 13.6. The molecule has 2 rings (SSSR count). The first kappa shape index (κ1) is 13.2. The molecule has 0 heterocycles. The second kappa shape index (κ2) is 5.16. The molecule has 0 aliphatic rings. The SMILES string of the molecule is NC(=O)c1cccc(Nc2c(F)cccc2Cl)c1N. The van der Waals surface area contributed by atoms with E-state index in [-0.39, 0.29) is 22.0 Å². The van der Waals surface area contributed by atoms with Crippen molar-refractivity contribution in [2.45, 2.75) is 0 Å². The van der Waals surface area contributed by atoms with Crippen LogP contribution in [0.5, 0.6) is 0 Å². The summed E-state index contributed by atoms with van der Waals surface area (Å²) in [5.41, 5.74) is 11.8. The Bertz CT molecular complexity index is 626. The van der Waals surface area contributed by atoms with E-state index >= 15 is 0 Å². The van der Waals surface area contributed by atoms with E-state index in [0.29, 0.717) is 5.69 Å². The van der Waals surface area contributed by atoms with E-state index in [9.17, 15) is 9.18 Å². The van der Waals surface area contributed by atoms with Crippen LogP contribution >= 0.6 is 11.6 Å². The highest BCUT2D eigenvalue weighted by molar-refractivity contribution is 6.33. The quantitative estimate of drug-likeness (QED) is 0.756. The molecule has 1 amide bonds. The Kier molecular flexibility index (Phi) is 3.57. The Hall–Kier alpha value is -2.27. The number of carbonyl (C=O) groups is 1. The molecular weight excluding hydrogens is 269 g/mol. The van der Waals surface area contributed by atoms with Gasteiger partial charge in [-0.2, -0.15) is 0 Å². The number of benzene rings is 2. The number of carbonyl (C=O) groups excluding carboxylic acids is 1. The van der Waals surface area contributed by atoms with E-state index in [0.717, 1.165) is 0 Å². The molecule has 6 heteroatoms. The summed E-state index contributed by atoms with van der Waals surface area (Å²) < 4.78 is 13.6. The van der Waals surface area contributed by atoms with Crippen LogP contribution in [0.15, 0.2) is 36.4 Å². The number of hydrogen-bond donors (Lipinski definition) is 3. The highest BCUT2D eigenvalue weighted by atomic mass is 35.5. The minimum Gasteiger partial charge on any atom is -0.396 e. The predicted octanol–water partition coefficient (Wildman–Crippen LogP) is 2.90. The van der Waals surface area contributed by atoms with Gasteiger partial charge in [-0.3, -0.25) is 4.79 Å². The third-order valence-electron chi connectivity index (χ3n) is 2.59. The Morgan fingerprint density at radius 1 is 1.21 bits per heavy atom. The Morgan fingerprint density at radius 3 is 2.53 bits per heavy atom. The molecule has 0 atom stereocenters. The van der Waals surface area contributed by atoms with Crippen LogP contribution in [0.3, 0.4) is 0 Å². The van der Waals surface area contributed by atoms with Gasteiger partial charge in [0.1, 0.15) is 5.82 Å². The van der Waals surface area contributed by atoms with E-state index in [1.54, 1.807) is 18.2 Å². The van der Waals surface area contributed by atoms with Crippen molar-refractivity contribution in [3.8, 4) is 0 Å². The maximum Gasteiger partial charge on any atom is 0.250 e. The summed E-state index contributed by atoms with van der Waals surface area (Å²) in [7, 11) is 0. The van der Waals surface area contributed by atoms with Crippen molar-refractivity contribution >= 4 is 34.6 Å². The lowest BCUT2D eigenvalue weighted by atomic mass is 10.1. The third kappa shape index (κ3) is 2.61. The van der Waals surface area contributed by atoms with Crippen molar-refractivity contribution < 1.29 is 9.18 Å². The fourth-order valence-electron chi connectivity index (χ4n) is 1.64. The fourth-order valence-corrected chi connectivity index (χ4v) is 1.85. The summed E-state index contributed by atoms with van der Waals surface area (Å²) in [4.78, 5) is 11.2. The number of nitrogens with two attached hydrogens (primary N) is 2. The zero-order chi connectivity index (χ0) is 14.0. The number of hydrogen-bond acceptors (Lipinski definition) is 3. The molecule has 0 bridgehead atoms. The normalized spacial score (nSPS) is 10.2. The smallest absolute Gasteiger partial charge is 0.250 e.